The van der Waals surface area contributed by atoms with E-state index >= 15 is 0 Å². The summed E-state index contributed by atoms with van der Waals surface area (Å²) in [7, 11) is 1.52. The van der Waals surface area contributed by atoms with Crippen molar-refractivity contribution >= 4 is 0 Å². The fourth-order valence-electron chi connectivity index (χ4n) is 3.49. The molecule has 0 aliphatic heterocycles. The Labute approximate surface area is 128 Å². The van der Waals surface area contributed by atoms with Gasteiger partial charge in [-0.1, -0.05) is 51.2 Å². The van der Waals surface area contributed by atoms with E-state index in [1.165, 1.54) is 39.2 Å². The third-order valence-electron chi connectivity index (χ3n) is 4.56. The lowest BCUT2D eigenvalue weighted by atomic mass is 9.83. The van der Waals surface area contributed by atoms with Crippen LogP contribution in [0.5, 0.6) is 5.75 Å². The zero-order valence-electron chi connectivity index (χ0n) is 13.3. The van der Waals surface area contributed by atoms with Crippen LogP contribution < -0.4 is 10.1 Å². The molecule has 0 spiro atoms. The molecule has 21 heavy (non-hydrogen) atoms. The van der Waals surface area contributed by atoms with Gasteiger partial charge in [0.15, 0.2) is 11.6 Å². The van der Waals surface area contributed by atoms with Crippen LogP contribution in [0.2, 0.25) is 0 Å². The van der Waals surface area contributed by atoms with Gasteiger partial charge in [0.2, 0.25) is 0 Å². The van der Waals surface area contributed by atoms with Crippen LogP contribution in [0, 0.1) is 11.7 Å². The first-order valence-electron chi connectivity index (χ1n) is 8.29. The van der Waals surface area contributed by atoms with Gasteiger partial charge in [-0.15, -0.1) is 0 Å². The monoisotopic (exact) mass is 293 g/mol. The largest absolute Gasteiger partial charge is 0.494 e. The van der Waals surface area contributed by atoms with E-state index in [1.54, 1.807) is 6.07 Å². The second-order valence-corrected chi connectivity index (χ2v) is 6.13. The fraction of sp³-hybridized carbons (Fsp3) is 0.667. The summed E-state index contributed by atoms with van der Waals surface area (Å²) in [5.74, 6) is 0.948. The molecule has 2 nitrogen and oxygen atoms in total. The molecule has 0 amide bonds. The van der Waals surface area contributed by atoms with Crippen molar-refractivity contribution in [1.29, 1.82) is 0 Å². The van der Waals surface area contributed by atoms with Crippen LogP contribution in [0.1, 0.15) is 51.0 Å². The molecule has 1 atom stereocenters. The van der Waals surface area contributed by atoms with Gasteiger partial charge in [0.25, 0.3) is 0 Å². The second kappa shape index (κ2) is 8.38. The van der Waals surface area contributed by atoms with Gasteiger partial charge < -0.3 is 10.1 Å². The molecule has 1 unspecified atom stereocenters. The fourth-order valence-corrected chi connectivity index (χ4v) is 3.49. The van der Waals surface area contributed by atoms with Gasteiger partial charge in [0.1, 0.15) is 0 Å². The van der Waals surface area contributed by atoms with Gasteiger partial charge in [-0.2, -0.15) is 0 Å². The molecule has 1 aliphatic carbocycles. The Hall–Kier alpha value is -1.09. The van der Waals surface area contributed by atoms with Crippen LogP contribution in [0.3, 0.4) is 0 Å². The molecule has 0 heterocycles. The second-order valence-electron chi connectivity index (χ2n) is 6.13. The minimum atomic E-state index is -0.202. The zero-order valence-corrected chi connectivity index (χ0v) is 13.3. The number of likely N-dealkylation sites (N-methyl/N-ethyl adjacent to an activating group) is 1. The number of benzene rings is 1. The first-order valence-corrected chi connectivity index (χ1v) is 8.29. The van der Waals surface area contributed by atoms with Crippen molar-refractivity contribution in [1.82, 2.24) is 5.32 Å². The van der Waals surface area contributed by atoms with Gasteiger partial charge in [-0.3, -0.25) is 0 Å². The maximum Gasteiger partial charge on any atom is 0.168 e. The standard InChI is InChI=1S/C18H28FNO/c1-3-20-16(12-14-8-5-4-6-9-14)13-15-10-7-11-17(21-2)18(15)19/h7,10-11,14,16,20H,3-6,8-9,12-13H2,1-2H3. The van der Waals surface area contributed by atoms with Gasteiger partial charge in [0.05, 0.1) is 7.11 Å². The molecule has 118 valence electrons. The molecule has 1 N–H and O–H groups in total. The molecule has 1 aromatic rings. The molecule has 2 rings (SSSR count). The third-order valence-corrected chi connectivity index (χ3v) is 4.56. The Morgan fingerprint density at radius 2 is 2.05 bits per heavy atom. The summed E-state index contributed by atoms with van der Waals surface area (Å²) >= 11 is 0. The zero-order chi connectivity index (χ0) is 15.1. The summed E-state index contributed by atoms with van der Waals surface area (Å²) in [4.78, 5) is 0. The normalized spacial score (nSPS) is 17.7. The Kier molecular flexibility index (Phi) is 6.50. The van der Waals surface area contributed by atoms with E-state index in [0.717, 1.165) is 30.9 Å². The van der Waals surface area contributed by atoms with Crippen molar-refractivity contribution in [3.8, 4) is 5.75 Å². The predicted octanol–water partition coefficient (Wildman–Crippen LogP) is 4.33. The lowest BCUT2D eigenvalue weighted by Gasteiger charge is -2.27. The lowest BCUT2D eigenvalue weighted by molar-refractivity contribution is 0.297. The van der Waals surface area contributed by atoms with Gasteiger partial charge in [0, 0.05) is 6.04 Å². The highest BCUT2D eigenvalue weighted by Crippen LogP contribution is 2.29. The quantitative estimate of drug-likeness (QED) is 0.808. The summed E-state index contributed by atoms with van der Waals surface area (Å²) in [5, 5.41) is 3.54. The number of nitrogens with one attached hydrogen (secondary N) is 1. The van der Waals surface area contributed by atoms with Crippen molar-refractivity contribution < 1.29 is 9.13 Å². The minimum absolute atomic E-state index is 0.202. The summed E-state index contributed by atoms with van der Waals surface area (Å²) in [5.41, 5.74) is 0.760. The number of hydrogen-bond donors (Lipinski definition) is 1. The topological polar surface area (TPSA) is 21.3 Å². The average molecular weight is 293 g/mol. The number of hydrogen-bond acceptors (Lipinski definition) is 2. The molecular formula is C18H28FNO. The third kappa shape index (κ3) is 4.70. The van der Waals surface area contributed by atoms with E-state index in [4.69, 9.17) is 4.74 Å². The van der Waals surface area contributed by atoms with E-state index in [2.05, 4.69) is 12.2 Å². The minimum Gasteiger partial charge on any atom is -0.494 e. The predicted molar refractivity (Wildman–Crippen MR) is 85.3 cm³/mol. The first kappa shape index (κ1) is 16.3. The molecule has 0 radical (unpaired) electrons. The number of rotatable bonds is 7. The Morgan fingerprint density at radius 3 is 2.71 bits per heavy atom. The molecule has 1 aromatic carbocycles. The summed E-state index contributed by atoms with van der Waals surface area (Å²) < 4.78 is 19.4. The highest BCUT2D eigenvalue weighted by molar-refractivity contribution is 5.31. The Morgan fingerprint density at radius 1 is 1.29 bits per heavy atom. The van der Waals surface area contributed by atoms with E-state index in [0.29, 0.717) is 11.8 Å². The summed E-state index contributed by atoms with van der Waals surface area (Å²) in [6.07, 6.45) is 8.67. The molecular weight excluding hydrogens is 265 g/mol. The molecule has 1 fully saturated rings. The van der Waals surface area contributed by atoms with Crippen LogP contribution >= 0.6 is 0 Å². The molecule has 1 aliphatic rings. The molecule has 0 bridgehead atoms. The van der Waals surface area contributed by atoms with Crippen LogP contribution in [0.4, 0.5) is 4.39 Å². The molecule has 0 aromatic heterocycles. The van der Waals surface area contributed by atoms with Crippen LogP contribution in [0.25, 0.3) is 0 Å². The molecule has 1 saturated carbocycles. The maximum absolute atomic E-state index is 14.3. The number of ether oxygens (including phenoxy) is 1. The van der Waals surface area contributed by atoms with Crippen LogP contribution in [-0.4, -0.2) is 19.7 Å². The smallest absolute Gasteiger partial charge is 0.168 e. The van der Waals surface area contributed by atoms with Crippen LogP contribution in [-0.2, 0) is 6.42 Å². The van der Waals surface area contributed by atoms with Gasteiger partial charge >= 0.3 is 0 Å². The van der Waals surface area contributed by atoms with Crippen molar-refractivity contribution in [2.24, 2.45) is 5.92 Å². The highest BCUT2D eigenvalue weighted by Gasteiger charge is 2.20. The van der Waals surface area contributed by atoms with E-state index in [-0.39, 0.29) is 5.82 Å². The lowest BCUT2D eigenvalue weighted by Crippen LogP contribution is -2.33. The highest BCUT2D eigenvalue weighted by atomic mass is 19.1. The van der Waals surface area contributed by atoms with Gasteiger partial charge in [-0.25, -0.2) is 4.39 Å². The Bertz CT molecular complexity index is 429. The summed E-state index contributed by atoms with van der Waals surface area (Å²) in [6.45, 7) is 3.05. The molecule has 3 heteroatoms. The SMILES string of the molecule is CCNC(Cc1cccc(OC)c1F)CC1CCCCC1. The van der Waals surface area contributed by atoms with Gasteiger partial charge in [-0.05, 0) is 36.9 Å². The maximum atomic E-state index is 14.3. The number of methoxy groups -OCH3 is 1. The van der Waals surface area contributed by atoms with Crippen molar-refractivity contribution in [2.45, 2.75) is 57.9 Å². The first-order chi connectivity index (χ1) is 10.2. The Balaban J connectivity index is 2.01. The van der Waals surface area contributed by atoms with Crippen molar-refractivity contribution in [2.75, 3.05) is 13.7 Å². The summed E-state index contributed by atoms with van der Waals surface area (Å²) in [6, 6.07) is 5.80. The van der Waals surface area contributed by atoms with E-state index < -0.39 is 0 Å². The van der Waals surface area contributed by atoms with E-state index in [9.17, 15) is 4.39 Å². The van der Waals surface area contributed by atoms with Crippen LogP contribution in [0.15, 0.2) is 18.2 Å². The number of halogens is 1. The van der Waals surface area contributed by atoms with E-state index in [1.807, 2.05) is 12.1 Å². The van der Waals surface area contributed by atoms with Crippen molar-refractivity contribution in [3.63, 3.8) is 0 Å². The average Bonchev–Trinajstić information content (AvgIpc) is 2.50. The van der Waals surface area contributed by atoms with Crippen molar-refractivity contribution in [3.05, 3.63) is 29.6 Å². The molecule has 0 saturated heterocycles.